The molecule has 3 atom stereocenters. The van der Waals surface area contributed by atoms with Gasteiger partial charge in [0.2, 0.25) is 6.23 Å². The molecule has 1 unspecified atom stereocenters. The Kier molecular flexibility index (Phi) is 3.29. The quantitative estimate of drug-likeness (QED) is 0.736. The molecule has 21 heavy (non-hydrogen) atoms. The van der Waals surface area contributed by atoms with Gasteiger partial charge in [-0.1, -0.05) is 30.3 Å². The number of amides is 2. The van der Waals surface area contributed by atoms with Crippen molar-refractivity contribution in [2.75, 3.05) is 26.4 Å². The normalized spacial score (nSPS) is 31.7. The number of hydrogen-bond acceptors (Lipinski definition) is 4. The number of hydroxylamine groups is 2. The van der Waals surface area contributed by atoms with Gasteiger partial charge in [0.1, 0.15) is 6.10 Å². The molecule has 0 radical (unpaired) electrons. The number of ether oxygens (including phenoxy) is 2. The van der Waals surface area contributed by atoms with Crippen molar-refractivity contribution in [2.45, 2.75) is 24.8 Å². The lowest BCUT2D eigenvalue weighted by molar-refractivity contribution is -0.125. The smallest absolute Gasteiger partial charge is 0.347 e. The number of urea groups is 1. The minimum absolute atomic E-state index is 0.00780. The van der Waals surface area contributed by atoms with Crippen molar-refractivity contribution in [3.05, 3.63) is 35.9 Å². The predicted molar refractivity (Wildman–Crippen MR) is 73.2 cm³/mol. The summed E-state index contributed by atoms with van der Waals surface area (Å²) in [6, 6.07) is 9.81. The first kappa shape index (κ1) is 13.1. The third-order valence-corrected chi connectivity index (χ3v) is 4.23. The van der Waals surface area contributed by atoms with Crippen LogP contribution in [-0.4, -0.2) is 54.5 Å². The highest BCUT2D eigenvalue weighted by Gasteiger charge is 2.48. The summed E-state index contributed by atoms with van der Waals surface area (Å²) in [6.07, 6.45) is 0.562. The molecule has 1 aromatic carbocycles. The minimum atomic E-state index is -0.250. The lowest BCUT2D eigenvalue weighted by Crippen LogP contribution is -2.58. The molecule has 0 aliphatic carbocycles. The predicted octanol–water partition coefficient (Wildman–Crippen LogP) is 1.54. The van der Waals surface area contributed by atoms with Crippen LogP contribution in [0, 0.1) is 0 Å². The number of carbonyl (C=O) groups is 1. The zero-order valence-electron chi connectivity index (χ0n) is 11.7. The van der Waals surface area contributed by atoms with Gasteiger partial charge in [-0.25, -0.2) is 9.63 Å². The molecule has 112 valence electrons. The van der Waals surface area contributed by atoms with E-state index in [0.717, 1.165) is 12.0 Å². The maximum absolute atomic E-state index is 12.6. The van der Waals surface area contributed by atoms with Gasteiger partial charge in [0.15, 0.2) is 0 Å². The fraction of sp³-hybridized carbons (Fsp3) is 0.533. The van der Waals surface area contributed by atoms with E-state index in [1.807, 2.05) is 35.2 Å². The Balaban J connectivity index is 1.45. The van der Waals surface area contributed by atoms with Crippen molar-refractivity contribution in [3.8, 4) is 0 Å². The lowest BCUT2D eigenvalue weighted by atomic mass is 10.0. The number of benzene rings is 1. The zero-order chi connectivity index (χ0) is 14.2. The van der Waals surface area contributed by atoms with Gasteiger partial charge in [-0.3, -0.25) is 0 Å². The Morgan fingerprint density at radius 1 is 1.19 bits per heavy atom. The molecule has 3 aliphatic heterocycles. The van der Waals surface area contributed by atoms with Gasteiger partial charge in [-0.05, 0) is 6.42 Å². The molecular formula is C15H18N2O4. The van der Waals surface area contributed by atoms with Crippen LogP contribution in [0.4, 0.5) is 4.79 Å². The van der Waals surface area contributed by atoms with Crippen LogP contribution in [0.3, 0.4) is 0 Å². The molecule has 0 bridgehead atoms. The van der Waals surface area contributed by atoms with Gasteiger partial charge in [0.05, 0.1) is 19.3 Å². The van der Waals surface area contributed by atoms with Crippen LogP contribution in [-0.2, 0) is 14.3 Å². The Morgan fingerprint density at radius 3 is 2.90 bits per heavy atom. The second-order valence-electron chi connectivity index (χ2n) is 5.51. The van der Waals surface area contributed by atoms with Crippen LogP contribution >= 0.6 is 0 Å². The Hall–Kier alpha value is -1.63. The van der Waals surface area contributed by atoms with Crippen LogP contribution < -0.4 is 0 Å². The van der Waals surface area contributed by atoms with E-state index in [1.165, 1.54) is 5.06 Å². The summed E-state index contributed by atoms with van der Waals surface area (Å²) in [5.74, 6) is 0. The van der Waals surface area contributed by atoms with E-state index < -0.39 is 0 Å². The molecule has 0 spiro atoms. The number of morpholine rings is 1. The second kappa shape index (κ2) is 5.29. The van der Waals surface area contributed by atoms with Gasteiger partial charge in [0.25, 0.3) is 0 Å². The van der Waals surface area contributed by atoms with Crippen molar-refractivity contribution in [2.24, 2.45) is 0 Å². The van der Waals surface area contributed by atoms with E-state index in [0.29, 0.717) is 26.4 Å². The molecule has 6 nitrogen and oxygen atoms in total. The number of carbonyl (C=O) groups excluding carboxylic acids is 1. The van der Waals surface area contributed by atoms with E-state index in [4.69, 9.17) is 14.3 Å². The average Bonchev–Trinajstić information content (AvgIpc) is 3.35. The number of nitrogens with zero attached hydrogens (tertiary/aromatic N) is 2. The number of fused-ring (bicyclic) bond motifs is 1. The largest absolute Gasteiger partial charge is 0.379 e. The third-order valence-electron chi connectivity index (χ3n) is 4.23. The second-order valence-corrected chi connectivity index (χ2v) is 5.51. The minimum Gasteiger partial charge on any atom is -0.379 e. The Labute approximate surface area is 123 Å². The van der Waals surface area contributed by atoms with Crippen molar-refractivity contribution in [3.63, 3.8) is 0 Å². The van der Waals surface area contributed by atoms with Gasteiger partial charge in [-0.2, -0.15) is 5.06 Å². The molecule has 6 heteroatoms. The molecular weight excluding hydrogens is 272 g/mol. The van der Waals surface area contributed by atoms with Gasteiger partial charge < -0.3 is 14.4 Å². The van der Waals surface area contributed by atoms with E-state index in [1.54, 1.807) is 0 Å². The van der Waals surface area contributed by atoms with Crippen LogP contribution in [0.5, 0.6) is 0 Å². The maximum Gasteiger partial charge on any atom is 0.347 e. The van der Waals surface area contributed by atoms with Crippen molar-refractivity contribution in [1.29, 1.82) is 0 Å². The molecule has 1 aromatic rings. The SMILES string of the molecule is O=C(N1OC1c1ccccc1)N1CCO[C@H]2COCC[C@H]21. The molecule has 3 aliphatic rings. The van der Waals surface area contributed by atoms with Crippen LogP contribution in [0.25, 0.3) is 0 Å². The topological polar surface area (TPSA) is 54.3 Å². The molecule has 3 fully saturated rings. The van der Waals surface area contributed by atoms with Crippen LogP contribution in [0.1, 0.15) is 18.2 Å². The van der Waals surface area contributed by atoms with E-state index in [9.17, 15) is 4.79 Å². The highest BCUT2D eigenvalue weighted by molar-refractivity contribution is 5.75. The zero-order valence-corrected chi connectivity index (χ0v) is 11.7. The fourth-order valence-corrected chi connectivity index (χ4v) is 3.09. The summed E-state index contributed by atoms with van der Waals surface area (Å²) in [5, 5.41) is 1.45. The summed E-state index contributed by atoms with van der Waals surface area (Å²) in [4.78, 5) is 20.0. The first-order valence-electron chi connectivity index (χ1n) is 7.35. The van der Waals surface area contributed by atoms with E-state index >= 15 is 0 Å². The highest BCUT2D eigenvalue weighted by Crippen LogP contribution is 2.39. The summed E-state index contributed by atoms with van der Waals surface area (Å²) in [6.45, 7) is 2.41. The standard InChI is InChI=1S/C15H18N2O4/c18-15(17-14(21-17)11-4-2-1-3-5-11)16-7-9-20-13-10-19-8-6-12(13)16/h1-5,12-14H,6-10H2/t12-,13+,14?,17?/m1/s1. The first-order valence-corrected chi connectivity index (χ1v) is 7.35. The molecule has 4 rings (SSSR count). The summed E-state index contributed by atoms with van der Waals surface area (Å²) in [5.41, 5.74) is 1.00. The molecule has 3 saturated heterocycles. The summed E-state index contributed by atoms with van der Waals surface area (Å²) in [7, 11) is 0. The average molecular weight is 290 g/mol. The van der Waals surface area contributed by atoms with Gasteiger partial charge >= 0.3 is 6.03 Å². The van der Waals surface area contributed by atoms with Gasteiger partial charge in [0, 0.05) is 18.7 Å². The maximum atomic E-state index is 12.6. The molecule has 0 saturated carbocycles. The van der Waals surface area contributed by atoms with E-state index in [-0.39, 0.29) is 24.4 Å². The summed E-state index contributed by atoms with van der Waals surface area (Å²) >= 11 is 0. The number of hydrogen-bond donors (Lipinski definition) is 0. The Bertz CT molecular complexity index is 522. The Morgan fingerprint density at radius 2 is 2.05 bits per heavy atom. The number of rotatable bonds is 1. The van der Waals surface area contributed by atoms with E-state index in [2.05, 4.69) is 0 Å². The third kappa shape index (κ3) is 2.39. The fourth-order valence-electron chi connectivity index (χ4n) is 3.09. The van der Waals surface area contributed by atoms with Crippen LogP contribution in [0.2, 0.25) is 0 Å². The molecule has 0 aromatic heterocycles. The van der Waals surface area contributed by atoms with Crippen molar-refractivity contribution >= 4 is 6.03 Å². The summed E-state index contributed by atoms with van der Waals surface area (Å²) < 4.78 is 11.1. The molecule has 2 amide bonds. The first-order chi connectivity index (χ1) is 10.3. The van der Waals surface area contributed by atoms with Gasteiger partial charge in [-0.15, -0.1) is 0 Å². The lowest BCUT2D eigenvalue weighted by Gasteiger charge is -2.43. The molecule has 0 N–H and O–H groups in total. The van der Waals surface area contributed by atoms with Crippen molar-refractivity contribution in [1.82, 2.24) is 9.96 Å². The van der Waals surface area contributed by atoms with Crippen LogP contribution in [0.15, 0.2) is 30.3 Å². The molecule has 3 heterocycles. The van der Waals surface area contributed by atoms with Crippen molar-refractivity contribution < 1.29 is 19.1 Å². The highest BCUT2D eigenvalue weighted by atomic mass is 16.8. The monoisotopic (exact) mass is 290 g/mol.